The number of terminal acetylenes is 1. The van der Waals surface area contributed by atoms with Crippen LogP contribution in [-0.2, 0) is 12.8 Å². The second-order valence-corrected chi connectivity index (χ2v) is 3.06. The van der Waals surface area contributed by atoms with Gasteiger partial charge in [0.25, 0.3) is 0 Å². The molecule has 1 aromatic rings. The maximum atomic E-state index is 5.25. The maximum Gasteiger partial charge on any atom is 0.0337 e. The predicted octanol–water partition coefficient (Wildman–Crippen LogP) is 2.73. The van der Waals surface area contributed by atoms with Gasteiger partial charge in [0, 0.05) is 6.42 Å². The summed E-state index contributed by atoms with van der Waals surface area (Å²) in [5.74, 6) is 2.66. The molecule has 0 fully saturated rings. The first-order valence-electron chi connectivity index (χ1n) is 4.29. The molecular weight excluding hydrogens is 144 g/mol. The van der Waals surface area contributed by atoms with Gasteiger partial charge in [-0.25, -0.2) is 0 Å². The van der Waals surface area contributed by atoms with E-state index >= 15 is 0 Å². The number of benzene rings is 1. The Morgan fingerprint density at radius 3 is 2.50 bits per heavy atom. The summed E-state index contributed by atoms with van der Waals surface area (Å²) in [6.07, 6.45) is 7.08. The zero-order valence-electron chi connectivity index (χ0n) is 7.72. The van der Waals surface area contributed by atoms with Crippen LogP contribution in [0.25, 0.3) is 0 Å². The second kappa shape index (κ2) is 3.97. The number of hydrogen-bond donors (Lipinski definition) is 0. The van der Waals surface area contributed by atoms with E-state index in [4.69, 9.17) is 6.42 Å². The highest BCUT2D eigenvalue weighted by Crippen LogP contribution is 2.10. The Labute approximate surface area is 74.6 Å². The lowest BCUT2D eigenvalue weighted by Crippen LogP contribution is -1.88. The molecule has 0 atom stereocenters. The van der Waals surface area contributed by atoms with Crippen molar-refractivity contribution in [2.45, 2.75) is 26.7 Å². The van der Waals surface area contributed by atoms with Crippen LogP contribution in [0.3, 0.4) is 0 Å². The van der Waals surface area contributed by atoms with Gasteiger partial charge < -0.3 is 0 Å². The maximum absolute atomic E-state index is 5.25. The molecule has 1 aromatic carbocycles. The van der Waals surface area contributed by atoms with Gasteiger partial charge in [-0.3, -0.25) is 0 Å². The fraction of sp³-hybridized carbons (Fsp3) is 0.333. The van der Waals surface area contributed by atoms with Crippen LogP contribution >= 0.6 is 0 Å². The minimum absolute atomic E-state index is 0.745. The lowest BCUT2D eigenvalue weighted by molar-refractivity contribution is 1.11. The molecule has 0 N–H and O–H groups in total. The van der Waals surface area contributed by atoms with E-state index in [0.29, 0.717) is 0 Å². The molecule has 0 aliphatic carbocycles. The predicted molar refractivity (Wildman–Crippen MR) is 53.1 cm³/mol. The van der Waals surface area contributed by atoms with Crippen LogP contribution < -0.4 is 0 Å². The van der Waals surface area contributed by atoms with Crippen molar-refractivity contribution >= 4 is 0 Å². The Morgan fingerprint density at radius 1 is 1.25 bits per heavy atom. The fourth-order valence-electron chi connectivity index (χ4n) is 1.37. The summed E-state index contributed by atoms with van der Waals surface area (Å²) in [7, 11) is 0. The van der Waals surface area contributed by atoms with Crippen LogP contribution in [0.5, 0.6) is 0 Å². The lowest BCUT2D eigenvalue weighted by atomic mass is 10.0. The van der Waals surface area contributed by atoms with E-state index in [1.807, 2.05) is 0 Å². The standard InChI is InChI=1S/C12H14/c1-4-6-12-8-10(3)7-11(5-2)9-12/h1,7-9H,5-6H2,2-3H3. The molecule has 0 bridgehead atoms. The van der Waals surface area contributed by atoms with E-state index in [1.54, 1.807) is 0 Å². The third-order valence-electron chi connectivity index (χ3n) is 1.91. The summed E-state index contributed by atoms with van der Waals surface area (Å²) in [6, 6.07) is 6.55. The summed E-state index contributed by atoms with van der Waals surface area (Å²) in [5.41, 5.74) is 3.94. The van der Waals surface area contributed by atoms with Crippen molar-refractivity contribution in [2.24, 2.45) is 0 Å². The van der Waals surface area contributed by atoms with Crippen molar-refractivity contribution in [2.75, 3.05) is 0 Å². The topological polar surface area (TPSA) is 0 Å². The van der Waals surface area contributed by atoms with E-state index in [-0.39, 0.29) is 0 Å². The molecule has 0 spiro atoms. The van der Waals surface area contributed by atoms with Gasteiger partial charge in [-0.05, 0) is 24.5 Å². The largest absolute Gasteiger partial charge is 0.120 e. The lowest BCUT2D eigenvalue weighted by Gasteiger charge is -2.02. The average molecular weight is 158 g/mol. The molecule has 62 valence electrons. The summed E-state index contributed by atoms with van der Waals surface area (Å²) < 4.78 is 0. The molecule has 0 aliphatic heterocycles. The minimum Gasteiger partial charge on any atom is -0.120 e. The third kappa shape index (κ3) is 2.13. The normalized spacial score (nSPS) is 9.42. The van der Waals surface area contributed by atoms with Gasteiger partial charge in [-0.2, -0.15) is 0 Å². The highest BCUT2D eigenvalue weighted by Gasteiger charge is 1.95. The van der Waals surface area contributed by atoms with Crippen LogP contribution in [0.4, 0.5) is 0 Å². The van der Waals surface area contributed by atoms with Crippen LogP contribution in [-0.4, -0.2) is 0 Å². The van der Waals surface area contributed by atoms with E-state index in [2.05, 4.69) is 38.0 Å². The molecule has 0 saturated carbocycles. The number of hydrogen-bond acceptors (Lipinski definition) is 0. The van der Waals surface area contributed by atoms with E-state index in [9.17, 15) is 0 Å². The first-order chi connectivity index (χ1) is 5.76. The van der Waals surface area contributed by atoms with Crippen LogP contribution in [0.1, 0.15) is 23.6 Å². The second-order valence-electron chi connectivity index (χ2n) is 3.06. The van der Waals surface area contributed by atoms with E-state index < -0.39 is 0 Å². The Kier molecular flexibility index (Phi) is 2.94. The van der Waals surface area contributed by atoms with Crippen molar-refractivity contribution in [3.05, 3.63) is 34.9 Å². The first-order valence-corrected chi connectivity index (χ1v) is 4.29. The van der Waals surface area contributed by atoms with Gasteiger partial charge >= 0.3 is 0 Å². The molecule has 0 aliphatic rings. The molecule has 1 rings (SSSR count). The van der Waals surface area contributed by atoms with Gasteiger partial charge in [0.2, 0.25) is 0 Å². The van der Waals surface area contributed by atoms with E-state index in [0.717, 1.165) is 12.8 Å². The quantitative estimate of drug-likeness (QED) is 0.580. The molecule has 12 heavy (non-hydrogen) atoms. The first kappa shape index (κ1) is 8.87. The molecular formula is C12H14. The molecule has 0 saturated heterocycles. The smallest absolute Gasteiger partial charge is 0.0337 e. The molecule has 0 amide bonds. The van der Waals surface area contributed by atoms with Crippen molar-refractivity contribution in [1.29, 1.82) is 0 Å². The van der Waals surface area contributed by atoms with Gasteiger partial charge in [0.15, 0.2) is 0 Å². The molecule has 0 aromatic heterocycles. The Balaban J connectivity index is 2.99. The monoisotopic (exact) mass is 158 g/mol. The Morgan fingerprint density at radius 2 is 1.92 bits per heavy atom. The summed E-state index contributed by atoms with van der Waals surface area (Å²) >= 11 is 0. The molecule has 0 heteroatoms. The van der Waals surface area contributed by atoms with Crippen molar-refractivity contribution in [3.8, 4) is 12.3 Å². The highest BCUT2D eigenvalue weighted by atomic mass is 14.0. The summed E-state index contributed by atoms with van der Waals surface area (Å²) in [4.78, 5) is 0. The molecule has 0 heterocycles. The molecule has 0 radical (unpaired) electrons. The van der Waals surface area contributed by atoms with Gasteiger partial charge in [-0.1, -0.05) is 30.7 Å². The zero-order chi connectivity index (χ0) is 8.97. The highest BCUT2D eigenvalue weighted by molar-refractivity contribution is 5.31. The number of rotatable bonds is 2. The number of aryl methyl sites for hydroxylation is 2. The molecule has 0 unspecified atom stereocenters. The SMILES string of the molecule is C#CCc1cc(C)cc(CC)c1. The summed E-state index contributed by atoms with van der Waals surface area (Å²) in [6.45, 7) is 4.27. The van der Waals surface area contributed by atoms with Crippen molar-refractivity contribution < 1.29 is 0 Å². The average Bonchev–Trinajstić information content (AvgIpc) is 2.04. The fourth-order valence-corrected chi connectivity index (χ4v) is 1.37. The van der Waals surface area contributed by atoms with Gasteiger partial charge in [0.1, 0.15) is 0 Å². The van der Waals surface area contributed by atoms with Crippen LogP contribution in [0, 0.1) is 19.3 Å². The van der Waals surface area contributed by atoms with Crippen molar-refractivity contribution in [1.82, 2.24) is 0 Å². The third-order valence-corrected chi connectivity index (χ3v) is 1.91. The van der Waals surface area contributed by atoms with Gasteiger partial charge in [0.05, 0.1) is 0 Å². The van der Waals surface area contributed by atoms with Crippen LogP contribution in [0.15, 0.2) is 18.2 Å². The van der Waals surface area contributed by atoms with E-state index in [1.165, 1.54) is 16.7 Å². The minimum atomic E-state index is 0.745. The Bertz CT molecular complexity index is 302. The van der Waals surface area contributed by atoms with Crippen molar-refractivity contribution in [3.63, 3.8) is 0 Å². The zero-order valence-corrected chi connectivity index (χ0v) is 7.72. The van der Waals surface area contributed by atoms with Crippen LogP contribution in [0.2, 0.25) is 0 Å². The Hall–Kier alpha value is -1.22. The summed E-state index contributed by atoms with van der Waals surface area (Å²) in [5, 5.41) is 0. The molecule has 0 nitrogen and oxygen atoms in total. The van der Waals surface area contributed by atoms with Gasteiger partial charge in [-0.15, -0.1) is 12.3 Å².